The molecule has 0 radical (unpaired) electrons. The zero-order valence-electron chi connectivity index (χ0n) is 11.6. The summed E-state index contributed by atoms with van der Waals surface area (Å²) < 4.78 is 12.8. The molecule has 0 saturated carbocycles. The highest BCUT2D eigenvalue weighted by Gasteiger charge is 2.28. The number of nitrogens with zero attached hydrogens (tertiary/aromatic N) is 2. The summed E-state index contributed by atoms with van der Waals surface area (Å²) in [6, 6.07) is 7.24. The van der Waals surface area contributed by atoms with E-state index >= 15 is 0 Å². The van der Waals surface area contributed by atoms with Crippen LogP contribution < -0.4 is 20.5 Å². The Hall–Kier alpha value is -2.54. The van der Waals surface area contributed by atoms with Gasteiger partial charge < -0.3 is 20.5 Å². The molecule has 1 aromatic heterocycles. The van der Waals surface area contributed by atoms with Crippen molar-refractivity contribution >= 4 is 11.7 Å². The van der Waals surface area contributed by atoms with Gasteiger partial charge in [-0.15, -0.1) is 0 Å². The molecule has 7 heteroatoms. The van der Waals surface area contributed by atoms with Crippen LogP contribution in [0.1, 0.15) is 5.56 Å². The van der Waals surface area contributed by atoms with Gasteiger partial charge in [-0.25, -0.2) is 0 Å². The normalized spacial score (nSPS) is 16.6. The number of amides is 1. The third-order valence-electron chi connectivity index (χ3n) is 3.17. The van der Waals surface area contributed by atoms with Crippen molar-refractivity contribution in [1.29, 1.82) is 0 Å². The maximum atomic E-state index is 12.2. The standard InChI is InChI=1S/C14H16N4O3/c1-18-7-9(6-15)13(17-18)16-14(19)12-8-20-10-4-2-3-5-11(10)21-12/h2-5,7,12H,6,8,15H2,1H3,(H,16,17,19). The molecule has 1 unspecified atom stereocenters. The number of hydrogen-bond donors (Lipinski definition) is 2. The number of hydrogen-bond acceptors (Lipinski definition) is 5. The molecule has 0 bridgehead atoms. The Bertz CT molecular complexity index is 668. The van der Waals surface area contributed by atoms with Gasteiger partial charge in [-0.05, 0) is 12.1 Å². The largest absolute Gasteiger partial charge is 0.485 e. The van der Waals surface area contributed by atoms with Crippen molar-refractivity contribution in [3.63, 3.8) is 0 Å². The van der Waals surface area contributed by atoms with Crippen molar-refractivity contribution in [2.75, 3.05) is 11.9 Å². The molecule has 2 heterocycles. The molecule has 0 aliphatic carbocycles. The summed E-state index contributed by atoms with van der Waals surface area (Å²) in [5, 5.41) is 6.90. The second-order valence-corrected chi connectivity index (χ2v) is 4.73. The minimum absolute atomic E-state index is 0.160. The lowest BCUT2D eigenvalue weighted by molar-refractivity contribution is -0.125. The third-order valence-corrected chi connectivity index (χ3v) is 3.17. The van der Waals surface area contributed by atoms with Gasteiger partial charge in [-0.2, -0.15) is 5.10 Å². The van der Waals surface area contributed by atoms with Gasteiger partial charge >= 0.3 is 0 Å². The van der Waals surface area contributed by atoms with Crippen LogP contribution in [0.3, 0.4) is 0 Å². The van der Waals surface area contributed by atoms with E-state index in [1.54, 1.807) is 30.1 Å². The number of benzene rings is 1. The summed E-state index contributed by atoms with van der Waals surface area (Å²) in [5.74, 6) is 1.34. The van der Waals surface area contributed by atoms with Crippen LogP contribution in [-0.2, 0) is 18.4 Å². The highest BCUT2D eigenvalue weighted by Crippen LogP contribution is 2.31. The molecule has 1 aliphatic rings. The lowest BCUT2D eigenvalue weighted by atomic mass is 10.2. The Kier molecular flexibility index (Phi) is 3.49. The van der Waals surface area contributed by atoms with E-state index in [1.165, 1.54) is 0 Å². The number of nitrogens with two attached hydrogens (primary N) is 1. The van der Waals surface area contributed by atoms with Crippen LogP contribution in [-0.4, -0.2) is 28.4 Å². The number of para-hydroxylation sites is 2. The smallest absolute Gasteiger partial charge is 0.270 e. The first-order chi connectivity index (χ1) is 10.2. The predicted octanol–water partition coefficient (Wildman–Crippen LogP) is 0.657. The Morgan fingerprint density at radius 3 is 3.00 bits per heavy atom. The predicted molar refractivity (Wildman–Crippen MR) is 76.1 cm³/mol. The van der Waals surface area contributed by atoms with E-state index in [-0.39, 0.29) is 12.5 Å². The van der Waals surface area contributed by atoms with E-state index in [4.69, 9.17) is 15.2 Å². The molecule has 7 nitrogen and oxygen atoms in total. The summed E-state index contributed by atoms with van der Waals surface area (Å²) >= 11 is 0. The van der Waals surface area contributed by atoms with Crippen molar-refractivity contribution in [1.82, 2.24) is 9.78 Å². The van der Waals surface area contributed by atoms with Gasteiger partial charge in [-0.1, -0.05) is 12.1 Å². The number of carbonyl (C=O) groups excluding carboxylic acids is 1. The van der Waals surface area contributed by atoms with Crippen LogP contribution in [0, 0.1) is 0 Å². The summed E-state index contributed by atoms with van der Waals surface area (Å²) in [7, 11) is 1.77. The molecule has 0 spiro atoms. The van der Waals surface area contributed by atoms with Gasteiger partial charge in [0, 0.05) is 25.4 Å². The topological polar surface area (TPSA) is 91.4 Å². The van der Waals surface area contributed by atoms with E-state index in [0.29, 0.717) is 23.9 Å². The first-order valence-electron chi connectivity index (χ1n) is 6.59. The summed E-state index contributed by atoms with van der Waals surface area (Å²) in [6.45, 7) is 0.460. The number of ether oxygens (including phenoxy) is 2. The highest BCUT2D eigenvalue weighted by atomic mass is 16.6. The molecule has 0 saturated heterocycles. The summed E-state index contributed by atoms with van der Waals surface area (Å²) in [4.78, 5) is 12.2. The number of aromatic nitrogens is 2. The molecule has 110 valence electrons. The molecule has 2 aromatic rings. The molecule has 3 rings (SSSR count). The average molecular weight is 288 g/mol. The van der Waals surface area contributed by atoms with Gasteiger partial charge in [0.1, 0.15) is 6.61 Å². The molecule has 3 N–H and O–H groups in total. The molecular formula is C14H16N4O3. The van der Waals surface area contributed by atoms with E-state index in [0.717, 1.165) is 5.56 Å². The van der Waals surface area contributed by atoms with Crippen molar-refractivity contribution in [3.8, 4) is 11.5 Å². The number of fused-ring (bicyclic) bond motifs is 1. The number of aryl methyl sites for hydroxylation is 1. The van der Waals surface area contributed by atoms with Crippen LogP contribution in [0.25, 0.3) is 0 Å². The van der Waals surface area contributed by atoms with Gasteiger partial charge in [0.2, 0.25) is 6.10 Å². The summed E-state index contributed by atoms with van der Waals surface area (Å²) in [6.07, 6.45) is 1.05. The number of nitrogens with one attached hydrogen (secondary N) is 1. The first-order valence-corrected chi connectivity index (χ1v) is 6.59. The van der Waals surface area contributed by atoms with E-state index in [1.807, 2.05) is 12.1 Å². The van der Waals surface area contributed by atoms with Crippen molar-refractivity contribution in [2.24, 2.45) is 12.8 Å². The fraction of sp³-hybridized carbons (Fsp3) is 0.286. The van der Waals surface area contributed by atoms with E-state index in [9.17, 15) is 4.79 Å². The van der Waals surface area contributed by atoms with E-state index in [2.05, 4.69) is 10.4 Å². The first kappa shape index (κ1) is 13.4. The van der Waals surface area contributed by atoms with Crippen LogP contribution in [0.15, 0.2) is 30.5 Å². The molecule has 1 atom stereocenters. The highest BCUT2D eigenvalue weighted by molar-refractivity contribution is 5.94. The van der Waals surface area contributed by atoms with Crippen molar-refractivity contribution < 1.29 is 14.3 Å². The molecular weight excluding hydrogens is 272 g/mol. The van der Waals surface area contributed by atoms with E-state index < -0.39 is 6.10 Å². The number of carbonyl (C=O) groups is 1. The molecule has 1 aliphatic heterocycles. The number of anilines is 1. The molecule has 0 fully saturated rings. The summed E-state index contributed by atoms with van der Waals surface area (Å²) in [5.41, 5.74) is 6.39. The van der Waals surface area contributed by atoms with Crippen LogP contribution in [0.2, 0.25) is 0 Å². The fourth-order valence-electron chi connectivity index (χ4n) is 2.14. The lowest BCUT2D eigenvalue weighted by Crippen LogP contribution is -2.40. The van der Waals surface area contributed by atoms with Crippen LogP contribution >= 0.6 is 0 Å². The molecule has 21 heavy (non-hydrogen) atoms. The minimum atomic E-state index is -0.715. The Morgan fingerprint density at radius 2 is 2.24 bits per heavy atom. The number of rotatable bonds is 3. The SMILES string of the molecule is Cn1cc(CN)c(NC(=O)C2COc3ccccc3O2)n1. The lowest BCUT2D eigenvalue weighted by Gasteiger charge is -2.25. The van der Waals surface area contributed by atoms with Crippen LogP contribution in [0.4, 0.5) is 5.82 Å². The second kappa shape index (κ2) is 5.45. The maximum absolute atomic E-state index is 12.2. The van der Waals surface area contributed by atoms with Gasteiger partial charge in [0.15, 0.2) is 17.3 Å². The second-order valence-electron chi connectivity index (χ2n) is 4.73. The average Bonchev–Trinajstić information content (AvgIpc) is 2.86. The van der Waals surface area contributed by atoms with Gasteiger partial charge in [0.25, 0.3) is 5.91 Å². The Labute approximate surface area is 121 Å². The zero-order chi connectivity index (χ0) is 14.8. The van der Waals surface area contributed by atoms with Gasteiger partial charge in [0.05, 0.1) is 0 Å². The minimum Gasteiger partial charge on any atom is -0.485 e. The van der Waals surface area contributed by atoms with Crippen molar-refractivity contribution in [3.05, 3.63) is 36.0 Å². The zero-order valence-corrected chi connectivity index (χ0v) is 11.6. The third kappa shape index (κ3) is 2.68. The van der Waals surface area contributed by atoms with Crippen molar-refractivity contribution in [2.45, 2.75) is 12.6 Å². The molecule has 1 aromatic carbocycles. The maximum Gasteiger partial charge on any atom is 0.270 e. The Morgan fingerprint density at radius 1 is 1.48 bits per heavy atom. The molecule has 1 amide bonds. The fourth-order valence-corrected chi connectivity index (χ4v) is 2.14. The quantitative estimate of drug-likeness (QED) is 0.865. The Balaban J connectivity index is 1.72. The van der Waals surface area contributed by atoms with Crippen LogP contribution in [0.5, 0.6) is 11.5 Å². The van der Waals surface area contributed by atoms with Gasteiger partial charge in [-0.3, -0.25) is 9.48 Å². The monoisotopic (exact) mass is 288 g/mol.